The fourth-order valence-corrected chi connectivity index (χ4v) is 9.19. The molecule has 0 spiro atoms. The molecule has 1 N–H and O–H groups in total. The lowest BCUT2D eigenvalue weighted by atomic mass is 9.93. The van der Waals surface area contributed by atoms with Crippen molar-refractivity contribution in [1.29, 1.82) is 0 Å². The van der Waals surface area contributed by atoms with E-state index in [2.05, 4.69) is 25.1 Å². The molecule has 6 nitrogen and oxygen atoms in total. The van der Waals surface area contributed by atoms with E-state index in [9.17, 15) is 14.7 Å². The molecule has 2 aromatic carbocycles. The molecule has 5 rings (SSSR count). The molecule has 2 amide bonds. The van der Waals surface area contributed by atoms with Gasteiger partial charge in [-0.15, -0.1) is 0 Å². The third-order valence-electron chi connectivity index (χ3n) is 8.77. The summed E-state index contributed by atoms with van der Waals surface area (Å²) in [6.07, 6.45) is 2.36. The molecule has 3 heterocycles. The standard InChI is InChI=1S/C30H39FN2O4Si/c1-20-26(13-10-21-8-11-24(12-9-21)32-15-14-28(32)35)37-27(30(20)38(2,3)31)17-29(36)33-18-23-7-5-4-6-22(23)16-25(33)19-34/h4-9,11-12,20,25-27,30,34H,10,13-19H2,1-3H3/t20-,25+,26+,27-,30+/m1/s1. The minimum atomic E-state index is -3.11. The van der Waals surface area contributed by atoms with Crippen LogP contribution in [0.25, 0.3) is 0 Å². The molecule has 0 aromatic heterocycles. The van der Waals surface area contributed by atoms with Gasteiger partial charge < -0.3 is 23.8 Å². The first kappa shape index (κ1) is 27.0. The van der Waals surface area contributed by atoms with Crippen molar-refractivity contribution >= 4 is 25.9 Å². The minimum absolute atomic E-state index is 0.0215. The third-order valence-corrected chi connectivity index (χ3v) is 11.3. The van der Waals surface area contributed by atoms with Gasteiger partial charge in [-0.2, -0.15) is 0 Å². The number of halogens is 1. The van der Waals surface area contributed by atoms with Crippen LogP contribution < -0.4 is 4.90 Å². The van der Waals surface area contributed by atoms with Crippen molar-refractivity contribution in [2.75, 3.05) is 18.1 Å². The maximum atomic E-state index is 15.6. The van der Waals surface area contributed by atoms with Gasteiger partial charge in [0.1, 0.15) is 0 Å². The Balaban J connectivity index is 1.24. The summed E-state index contributed by atoms with van der Waals surface area (Å²) in [6, 6.07) is 15.8. The van der Waals surface area contributed by atoms with E-state index in [4.69, 9.17) is 4.74 Å². The molecule has 5 atom stereocenters. The number of carbonyl (C=O) groups is 2. The van der Waals surface area contributed by atoms with Gasteiger partial charge in [0.15, 0.2) is 0 Å². The SMILES string of the molecule is C[C@H]1[C@H]([Si](C)(C)F)[C@@H](CC(=O)N2Cc3ccccc3C[C@H]2CO)O[C@H]1CCc1ccc(N2CCC2=O)cc1. The number of β-lactam (4-membered cyclic amide) rings is 1. The van der Waals surface area contributed by atoms with E-state index in [-0.39, 0.29) is 48.4 Å². The van der Waals surface area contributed by atoms with E-state index >= 15 is 4.11 Å². The molecule has 0 aliphatic carbocycles. The number of carbonyl (C=O) groups excluding carboxylic acids is 2. The minimum Gasteiger partial charge on any atom is -0.394 e. The second-order valence-electron chi connectivity index (χ2n) is 11.7. The predicted molar refractivity (Wildman–Crippen MR) is 148 cm³/mol. The Hall–Kier alpha value is -2.55. The number of benzene rings is 2. The van der Waals surface area contributed by atoms with Crippen LogP contribution in [0.4, 0.5) is 9.80 Å². The van der Waals surface area contributed by atoms with Crippen molar-refractivity contribution in [3.63, 3.8) is 0 Å². The van der Waals surface area contributed by atoms with Crippen molar-refractivity contribution in [3.8, 4) is 0 Å². The highest BCUT2D eigenvalue weighted by Gasteiger charge is 2.52. The van der Waals surface area contributed by atoms with Crippen LogP contribution in [0.15, 0.2) is 48.5 Å². The maximum Gasteiger partial charge on any atom is 0.246 e. The lowest BCUT2D eigenvalue weighted by Gasteiger charge is -2.37. The second kappa shape index (κ2) is 10.9. The number of amides is 2. The normalized spacial score (nSPS) is 27.3. The summed E-state index contributed by atoms with van der Waals surface area (Å²) >= 11 is 0. The van der Waals surface area contributed by atoms with Gasteiger partial charge in [-0.1, -0.05) is 43.3 Å². The summed E-state index contributed by atoms with van der Waals surface area (Å²) in [5, 5.41) is 10.0. The van der Waals surface area contributed by atoms with Gasteiger partial charge in [0.25, 0.3) is 0 Å². The zero-order valence-electron chi connectivity index (χ0n) is 22.6. The van der Waals surface area contributed by atoms with Gasteiger partial charge in [0.05, 0.1) is 31.3 Å². The number of ether oxygens (including phenoxy) is 1. The Bertz CT molecular complexity index is 1170. The van der Waals surface area contributed by atoms with Crippen LogP contribution in [-0.2, 0) is 33.7 Å². The number of nitrogens with zero attached hydrogens (tertiary/aromatic N) is 2. The molecule has 0 bridgehead atoms. The van der Waals surface area contributed by atoms with E-state index in [0.717, 1.165) is 36.2 Å². The van der Waals surface area contributed by atoms with Crippen LogP contribution in [0.5, 0.6) is 0 Å². The first-order valence-electron chi connectivity index (χ1n) is 13.9. The molecule has 2 fully saturated rings. The van der Waals surface area contributed by atoms with Gasteiger partial charge in [-0.3, -0.25) is 9.59 Å². The molecule has 2 aromatic rings. The molecule has 0 saturated carbocycles. The zero-order valence-corrected chi connectivity index (χ0v) is 23.6. The van der Waals surface area contributed by atoms with E-state index in [1.54, 1.807) is 22.9 Å². The zero-order chi connectivity index (χ0) is 27.0. The van der Waals surface area contributed by atoms with Crippen LogP contribution in [-0.4, -0.2) is 61.6 Å². The number of rotatable bonds is 8. The van der Waals surface area contributed by atoms with Crippen molar-refractivity contribution in [2.45, 2.75) is 82.5 Å². The van der Waals surface area contributed by atoms with Crippen LogP contribution in [0, 0.1) is 5.92 Å². The van der Waals surface area contributed by atoms with Crippen LogP contribution in [0.2, 0.25) is 18.6 Å². The maximum absolute atomic E-state index is 15.6. The largest absolute Gasteiger partial charge is 0.394 e. The molecule has 0 unspecified atom stereocenters. The Labute approximate surface area is 226 Å². The molecule has 2 saturated heterocycles. The molecular formula is C30H39FN2O4Si. The average Bonchev–Trinajstić information content (AvgIpc) is 3.21. The summed E-state index contributed by atoms with van der Waals surface area (Å²) in [5.74, 6) is 0.110. The van der Waals surface area contributed by atoms with Crippen LogP contribution >= 0.6 is 0 Å². The molecular weight excluding hydrogens is 499 g/mol. The fourth-order valence-electron chi connectivity index (χ4n) is 6.65. The van der Waals surface area contributed by atoms with Gasteiger partial charge in [0, 0.05) is 30.7 Å². The van der Waals surface area contributed by atoms with Gasteiger partial charge in [0.2, 0.25) is 20.2 Å². The number of aliphatic hydroxyl groups is 1. The molecule has 8 heteroatoms. The average molecular weight is 539 g/mol. The van der Waals surface area contributed by atoms with Gasteiger partial charge in [-0.25, -0.2) is 0 Å². The van der Waals surface area contributed by atoms with Crippen LogP contribution in [0.3, 0.4) is 0 Å². The lowest BCUT2D eigenvalue weighted by molar-refractivity contribution is -0.138. The second-order valence-corrected chi connectivity index (χ2v) is 15.5. The summed E-state index contributed by atoms with van der Waals surface area (Å²) in [7, 11) is -3.11. The van der Waals surface area contributed by atoms with Gasteiger partial charge >= 0.3 is 0 Å². The molecule has 3 aliphatic heterocycles. The van der Waals surface area contributed by atoms with E-state index in [0.29, 0.717) is 19.4 Å². The topological polar surface area (TPSA) is 70.1 Å². The molecule has 3 aliphatic rings. The van der Waals surface area contributed by atoms with Crippen molar-refractivity contribution in [1.82, 2.24) is 4.90 Å². The summed E-state index contributed by atoms with van der Waals surface area (Å²) in [4.78, 5) is 28.8. The summed E-state index contributed by atoms with van der Waals surface area (Å²) < 4.78 is 22.1. The highest BCUT2D eigenvalue weighted by molar-refractivity contribution is 6.72. The summed E-state index contributed by atoms with van der Waals surface area (Å²) in [5.41, 5.74) is 4.09. The fraction of sp³-hybridized carbons (Fsp3) is 0.533. The Morgan fingerprint density at radius 2 is 1.82 bits per heavy atom. The molecule has 204 valence electrons. The quantitative estimate of drug-likeness (QED) is 0.302. The smallest absolute Gasteiger partial charge is 0.246 e. The number of hydrogen-bond acceptors (Lipinski definition) is 4. The first-order chi connectivity index (χ1) is 18.2. The van der Waals surface area contributed by atoms with E-state index < -0.39 is 14.5 Å². The first-order valence-corrected chi connectivity index (χ1v) is 16.8. The third kappa shape index (κ3) is 5.44. The monoisotopic (exact) mass is 538 g/mol. The number of fused-ring (bicyclic) bond motifs is 1. The summed E-state index contributed by atoms with van der Waals surface area (Å²) in [6.45, 7) is 6.66. The highest BCUT2D eigenvalue weighted by Crippen LogP contribution is 2.47. The van der Waals surface area contributed by atoms with Gasteiger partial charge in [-0.05, 0) is 67.1 Å². The number of aliphatic hydroxyl groups excluding tert-OH is 1. The van der Waals surface area contributed by atoms with Crippen LogP contribution in [0.1, 0.15) is 42.9 Å². The lowest BCUT2D eigenvalue weighted by Crippen LogP contribution is -2.48. The number of hydrogen-bond donors (Lipinski definition) is 1. The van der Waals surface area contributed by atoms with Crippen molar-refractivity contribution in [2.24, 2.45) is 5.92 Å². The van der Waals surface area contributed by atoms with E-state index in [1.807, 2.05) is 30.3 Å². The number of anilines is 1. The Kier molecular flexibility index (Phi) is 7.76. The van der Waals surface area contributed by atoms with E-state index in [1.165, 1.54) is 5.56 Å². The molecule has 38 heavy (non-hydrogen) atoms. The Morgan fingerprint density at radius 1 is 1.11 bits per heavy atom. The highest BCUT2D eigenvalue weighted by atomic mass is 28.4. The predicted octanol–water partition coefficient (Wildman–Crippen LogP) is 4.64. The van der Waals surface area contributed by atoms with Crippen molar-refractivity contribution in [3.05, 3.63) is 65.2 Å². The van der Waals surface area contributed by atoms with Crippen molar-refractivity contribution < 1.29 is 23.5 Å². The Morgan fingerprint density at radius 3 is 2.42 bits per heavy atom. The number of aryl methyl sites for hydroxylation is 1. The molecule has 0 radical (unpaired) electrons.